The molecular formula is C18H23NO2. The van der Waals surface area contributed by atoms with Crippen molar-refractivity contribution in [2.24, 2.45) is 0 Å². The number of rotatable bonds is 5. The second-order valence-corrected chi connectivity index (χ2v) is 5.23. The van der Waals surface area contributed by atoms with E-state index in [1.807, 2.05) is 12.1 Å². The van der Waals surface area contributed by atoms with E-state index in [0.717, 1.165) is 12.1 Å². The van der Waals surface area contributed by atoms with E-state index in [-0.39, 0.29) is 11.8 Å². The molecule has 1 N–H and O–H groups in total. The van der Waals surface area contributed by atoms with Gasteiger partial charge in [0.05, 0.1) is 13.2 Å². The normalized spacial score (nSPS) is 12.0. The Kier molecular flexibility index (Phi) is 4.73. The zero-order valence-electron chi connectivity index (χ0n) is 13.1. The number of phenolic OH excluding ortho intramolecular Hbond substituents is 1. The molecule has 3 heteroatoms. The van der Waals surface area contributed by atoms with E-state index in [1.54, 1.807) is 13.2 Å². The van der Waals surface area contributed by atoms with Gasteiger partial charge < -0.3 is 14.7 Å². The lowest BCUT2D eigenvalue weighted by Gasteiger charge is -2.31. The first-order chi connectivity index (χ1) is 10.1. The fraction of sp³-hybridized carbons (Fsp3) is 0.333. The van der Waals surface area contributed by atoms with Crippen molar-refractivity contribution in [2.45, 2.75) is 26.8 Å². The zero-order valence-corrected chi connectivity index (χ0v) is 13.1. The SMILES string of the molecule is CCN(c1cccc(C)c1)C(C)c1ccc(OC)cc1O. The molecule has 21 heavy (non-hydrogen) atoms. The number of anilines is 1. The Balaban J connectivity index is 2.34. The van der Waals surface area contributed by atoms with Gasteiger partial charge in [-0.2, -0.15) is 0 Å². The molecule has 0 aromatic heterocycles. The first-order valence-corrected chi connectivity index (χ1v) is 7.27. The standard InChI is InChI=1S/C18H23NO2/c1-5-19(15-8-6-7-13(2)11-15)14(3)17-10-9-16(21-4)12-18(17)20/h6-12,14,20H,5H2,1-4H3. The Labute approximate surface area is 126 Å². The summed E-state index contributed by atoms with van der Waals surface area (Å²) in [4.78, 5) is 2.27. The number of hydrogen-bond donors (Lipinski definition) is 1. The van der Waals surface area contributed by atoms with Crippen LogP contribution in [0.4, 0.5) is 5.69 Å². The van der Waals surface area contributed by atoms with Crippen LogP contribution in [0, 0.1) is 6.92 Å². The third-order valence-electron chi connectivity index (χ3n) is 3.83. The summed E-state index contributed by atoms with van der Waals surface area (Å²) in [5.74, 6) is 0.940. The molecular weight excluding hydrogens is 262 g/mol. The van der Waals surface area contributed by atoms with Gasteiger partial charge in [-0.25, -0.2) is 0 Å². The largest absolute Gasteiger partial charge is 0.507 e. The molecule has 3 nitrogen and oxygen atoms in total. The molecule has 2 rings (SSSR count). The Bertz CT molecular complexity index is 610. The number of benzene rings is 2. The van der Waals surface area contributed by atoms with Gasteiger partial charge in [-0.05, 0) is 50.6 Å². The molecule has 1 atom stereocenters. The topological polar surface area (TPSA) is 32.7 Å². The van der Waals surface area contributed by atoms with Gasteiger partial charge >= 0.3 is 0 Å². The highest BCUT2D eigenvalue weighted by atomic mass is 16.5. The van der Waals surface area contributed by atoms with Crippen molar-refractivity contribution in [3.63, 3.8) is 0 Å². The van der Waals surface area contributed by atoms with Crippen molar-refractivity contribution in [2.75, 3.05) is 18.6 Å². The number of nitrogens with zero attached hydrogens (tertiary/aromatic N) is 1. The van der Waals surface area contributed by atoms with E-state index in [9.17, 15) is 5.11 Å². The van der Waals surface area contributed by atoms with Crippen molar-refractivity contribution in [1.29, 1.82) is 0 Å². The van der Waals surface area contributed by atoms with Gasteiger partial charge in [-0.1, -0.05) is 12.1 Å². The summed E-state index contributed by atoms with van der Waals surface area (Å²) in [5, 5.41) is 10.2. The highest BCUT2D eigenvalue weighted by Gasteiger charge is 2.18. The molecule has 0 aliphatic rings. The van der Waals surface area contributed by atoms with Crippen molar-refractivity contribution >= 4 is 5.69 Å². The summed E-state index contributed by atoms with van der Waals surface area (Å²) in [6.45, 7) is 7.19. The van der Waals surface area contributed by atoms with Gasteiger partial charge in [0, 0.05) is 23.9 Å². The molecule has 0 heterocycles. The lowest BCUT2D eigenvalue weighted by molar-refractivity contribution is 0.405. The van der Waals surface area contributed by atoms with E-state index in [1.165, 1.54) is 11.3 Å². The molecule has 1 unspecified atom stereocenters. The molecule has 2 aromatic rings. The highest BCUT2D eigenvalue weighted by Crippen LogP contribution is 2.34. The second-order valence-electron chi connectivity index (χ2n) is 5.23. The Morgan fingerprint density at radius 2 is 1.95 bits per heavy atom. The number of methoxy groups -OCH3 is 1. The average molecular weight is 285 g/mol. The fourth-order valence-corrected chi connectivity index (χ4v) is 2.66. The monoisotopic (exact) mass is 285 g/mol. The summed E-state index contributed by atoms with van der Waals surface area (Å²) in [5.41, 5.74) is 3.30. The van der Waals surface area contributed by atoms with Crippen LogP contribution in [-0.2, 0) is 0 Å². The third-order valence-corrected chi connectivity index (χ3v) is 3.83. The van der Waals surface area contributed by atoms with Crippen molar-refractivity contribution in [3.8, 4) is 11.5 Å². The van der Waals surface area contributed by atoms with Crippen LogP contribution in [0.1, 0.15) is 31.0 Å². The van der Waals surface area contributed by atoms with E-state index in [4.69, 9.17) is 4.74 Å². The molecule has 0 bridgehead atoms. The predicted molar refractivity (Wildman–Crippen MR) is 87.3 cm³/mol. The molecule has 0 aliphatic heterocycles. The first-order valence-electron chi connectivity index (χ1n) is 7.27. The van der Waals surface area contributed by atoms with Gasteiger partial charge in [-0.15, -0.1) is 0 Å². The minimum absolute atomic E-state index is 0.0858. The second kappa shape index (κ2) is 6.53. The molecule has 0 aliphatic carbocycles. The van der Waals surface area contributed by atoms with E-state index in [2.05, 4.69) is 49.9 Å². The third kappa shape index (κ3) is 3.30. The smallest absolute Gasteiger partial charge is 0.124 e. The van der Waals surface area contributed by atoms with Crippen LogP contribution in [0.5, 0.6) is 11.5 Å². The maximum absolute atomic E-state index is 10.2. The van der Waals surface area contributed by atoms with Gasteiger partial charge in [0.15, 0.2) is 0 Å². The summed E-state index contributed by atoms with van der Waals surface area (Å²) in [6, 6.07) is 14.0. The Morgan fingerprint density at radius 1 is 1.19 bits per heavy atom. The molecule has 0 saturated carbocycles. The molecule has 2 aromatic carbocycles. The van der Waals surface area contributed by atoms with Gasteiger partial charge in [0.2, 0.25) is 0 Å². The predicted octanol–water partition coefficient (Wildman–Crippen LogP) is 4.30. The molecule has 112 valence electrons. The molecule has 0 saturated heterocycles. The lowest BCUT2D eigenvalue weighted by atomic mass is 10.0. The number of phenols is 1. The number of aromatic hydroxyl groups is 1. The Morgan fingerprint density at radius 3 is 2.52 bits per heavy atom. The van der Waals surface area contributed by atoms with Crippen LogP contribution < -0.4 is 9.64 Å². The fourth-order valence-electron chi connectivity index (χ4n) is 2.66. The average Bonchev–Trinajstić information content (AvgIpc) is 2.47. The summed E-state index contributed by atoms with van der Waals surface area (Å²) < 4.78 is 5.14. The molecule has 0 spiro atoms. The maximum Gasteiger partial charge on any atom is 0.124 e. The molecule has 0 fully saturated rings. The molecule has 0 radical (unpaired) electrons. The van der Waals surface area contributed by atoms with E-state index < -0.39 is 0 Å². The van der Waals surface area contributed by atoms with Crippen molar-refractivity contribution in [1.82, 2.24) is 0 Å². The van der Waals surface area contributed by atoms with Crippen LogP contribution in [-0.4, -0.2) is 18.8 Å². The lowest BCUT2D eigenvalue weighted by Crippen LogP contribution is -2.26. The summed E-state index contributed by atoms with van der Waals surface area (Å²) in [7, 11) is 1.60. The van der Waals surface area contributed by atoms with Crippen LogP contribution in [0.25, 0.3) is 0 Å². The van der Waals surface area contributed by atoms with Gasteiger partial charge in [0.25, 0.3) is 0 Å². The first kappa shape index (κ1) is 15.2. The minimum atomic E-state index is 0.0858. The minimum Gasteiger partial charge on any atom is -0.507 e. The van der Waals surface area contributed by atoms with Gasteiger partial charge in [0.1, 0.15) is 11.5 Å². The number of aryl methyl sites for hydroxylation is 1. The molecule has 0 amide bonds. The van der Waals surface area contributed by atoms with Crippen LogP contribution in [0.2, 0.25) is 0 Å². The van der Waals surface area contributed by atoms with Gasteiger partial charge in [-0.3, -0.25) is 0 Å². The summed E-state index contributed by atoms with van der Waals surface area (Å²) in [6.07, 6.45) is 0. The van der Waals surface area contributed by atoms with Crippen LogP contribution in [0.3, 0.4) is 0 Å². The Hall–Kier alpha value is -2.16. The van der Waals surface area contributed by atoms with Crippen LogP contribution >= 0.6 is 0 Å². The zero-order chi connectivity index (χ0) is 15.4. The summed E-state index contributed by atoms with van der Waals surface area (Å²) >= 11 is 0. The van der Waals surface area contributed by atoms with Crippen molar-refractivity contribution < 1.29 is 9.84 Å². The number of hydrogen-bond acceptors (Lipinski definition) is 3. The quantitative estimate of drug-likeness (QED) is 0.889. The van der Waals surface area contributed by atoms with E-state index >= 15 is 0 Å². The van der Waals surface area contributed by atoms with Crippen molar-refractivity contribution in [3.05, 3.63) is 53.6 Å². The van der Waals surface area contributed by atoms with Crippen LogP contribution in [0.15, 0.2) is 42.5 Å². The maximum atomic E-state index is 10.2. The highest BCUT2D eigenvalue weighted by molar-refractivity contribution is 5.52. The van der Waals surface area contributed by atoms with E-state index in [0.29, 0.717) is 5.75 Å². The number of ether oxygens (including phenoxy) is 1.